The number of benzene rings is 2. The Morgan fingerprint density at radius 2 is 1.96 bits per heavy atom. The molecule has 5 nitrogen and oxygen atoms in total. The Morgan fingerprint density at radius 3 is 2.68 bits per heavy atom. The van der Waals surface area contributed by atoms with E-state index in [4.69, 9.17) is 10.5 Å². The first kappa shape index (κ1) is 17.7. The molecular weight excluding hydrogens is 343 g/mol. The van der Waals surface area contributed by atoms with Crippen molar-refractivity contribution in [3.8, 4) is 5.75 Å². The molecule has 25 heavy (non-hydrogen) atoms. The van der Waals surface area contributed by atoms with Crippen molar-refractivity contribution in [2.24, 2.45) is 0 Å². The van der Waals surface area contributed by atoms with E-state index in [0.717, 1.165) is 6.07 Å². The van der Waals surface area contributed by atoms with Crippen molar-refractivity contribution >= 4 is 15.7 Å². The van der Waals surface area contributed by atoms with Crippen LogP contribution in [-0.4, -0.2) is 14.0 Å². The van der Waals surface area contributed by atoms with E-state index >= 15 is 0 Å². The fourth-order valence-electron chi connectivity index (χ4n) is 3.05. The first-order valence-electron chi connectivity index (χ1n) is 7.94. The number of sulfonamides is 1. The molecule has 0 spiro atoms. The average molecular weight is 364 g/mol. The number of halogens is 1. The Morgan fingerprint density at radius 1 is 1.24 bits per heavy atom. The van der Waals surface area contributed by atoms with Gasteiger partial charge in [-0.05, 0) is 56.7 Å². The summed E-state index contributed by atoms with van der Waals surface area (Å²) in [6.07, 6.45) is 0.399. The molecule has 1 aliphatic heterocycles. The molecule has 7 heteroatoms. The number of hydrogen-bond acceptors (Lipinski definition) is 4. The molecule has 0 radical (unpaired) electrons. The maximum atomic E-state index is 14.1. The summed E-state index contributed by atoms with van der Waals surface area (Å²) in [5.74, 6) is -0.208. The van der Waals surface area contributed by atoms with Gasteiger partial charge in [0.15, 0.2) is 0 Å². The smallest absolute Gasteiger partial charge is 0.244 e. The lowest BCUT2D eigenvalue weighted by Gasteiger charge is -2.37. The van der Waals surface area contributed by atoms with Crippen molar-refractivity contribution in [2.45, 2.75) is 43.7 Å². The van der Waals surface area contributed by atoms with Gasteiger partial charge in [0.25, 0.3) is 0 Å². The third-order valence-electron chi connectivity index (χ3n) is 4.16. The molecular formula is C18H21FN2O3S. The summed E-state index contributed by atoms with van der Waals surface area (Å²) in [7, 11) is -4.04. The van der Waals surface area contributed by atoms with Crippen molar-refractivity contribution < 1.29 is 17.5 Å². The number of anilines is 1. The summed E-state index contributed by atoms with van der Waals surface area (Å²) in [4.78, 5) is -0.359. The third-order valence-corrected chi connectivity index (χ3v) is 5.65. The second-order valence-corrected chi connectivity index (χ2v) is 8.65. The topological polar surface area (TPSA) is 81.4 Å². The van der Waals surface area contributed by atoms with Gasteiger partial charge in [-0.3, -0.25) is 0 Å². The maximum absolute atomic E-state index is 14.1. The Labute approximate surface area is 147 Å². The standard InChI is InChI=1S/C18H21FN2O3S/c1-11-4-6-14(19)17(8-11)25(22,23)21-15-10-18(2,3)24-16-7-5-12(20)9-13(15)16/h4-9,15,21H,10,20H2,1-3H3. The molecule has 1 aliphatic rings. The zero-order valence-electron chi connectivity index (χ0n) is 14.3. The van der Waals surface area contributed by atoms with Crippen LogP contribution in [0.1, 0.15) is 37.4 Å². The number of nitrogens with one attached hydrogen (secondary N) is 1. The van der Waals surface area contributed by atoms with E-state index in [1.807, 2.05) is 13.8 Å². The van der Waals surface area contributed by atoms with Gasteiger partial charge in [-0.25, -0.2) is 17.5 Å². The number of aryl methyl sites for hydroxylation is 1. The minimum atomic E-state index is -4.04. The van der Waals surface area contributed by atoms with E-state index in [9.17, 15) is 12.8 Å². The first-order valence-corrected chi connectivity index (χ1v) is 9.43. The van der Waals surface area contributed by atoms with Crippen molar-refractivity contribution in [1.82, 2.24) is 4.72 Å². The van der Waals surface area contributed by atoms with Gasteiger partial charge in [-0.1, -0.05) is 6.07 Å². The summed E-state index contributed by atoms with van der Waals surface area (Å²) in [5, 5.41) is 0. The zero-order valence-corrected chi connectivity index (χ0v) is 15.2. The van der Waals surface area contributed by atoms with Gasteiger partial charge in [0.1, 0.15) is 22.1 Å². The summed E-state index contributed by atoms with van der Waals surface area (Å²) < 4.78 is 48.1. The van der Waals surface area contributed by atoms with Crippen molar-refractivity contribution in [3.63, 3.8) is 0 Å². The zero-order chi connectivity index (χ0) is 18.4. The van der Waals surface area contributed by atoms with E-state index in [2.05, 4.69) is 4.72 Å². The van der Waals surface area contributed by atoms with Gasteiger partial charge in [0.05, 0.1) is 6.04 Å². The number of hydrogen-bond donors (Lipinski definition) is 2. The van der Waals surface area contributed by atoms with Crippen LogP contribution in [0.25, 0.3) is 0 Å². The molecule has 3 N–H and O–H groups in total. The molecule has 0 bridgehead atoms. The number of ether oxygens (including phenoxy) is 1. The Bertz CT molecular complexity index is 926. The van der Waals surface area contributed by atoms with E-state index < -0.39 is 27.5 Å². The molecule has 0 fully saturated rings. The molecule has 2 aromatic carbocycles. The summed E-state index contributed by atoms with van der Waals surface area (Å²) >= 11 is 0. The number of nitrogen functional groups attached to an aromatic ring is 1. The molecule has 2 aromatic rings. The number of rotatable bonds is 3. The van der Waals surface area contributed by atoms with E-state index in [1.165, 1.54) is 12.1 Å². The molecule has 1 unspecified atom stereocenters. The number of nitrogens with two attached hydrogens (primary N) is 1. The minimum Gasteiger partial charge on any atom is -0.487 e. The van der Waals surface area contributed by atoms with E-state index in [1.54, 1.807) is 25.1 Å². The van der Waals surface area contributed by atoms with Gasteiger partial charge >= 0.3 is 0 Å². The van der Waals surface area contributed by atoms with Gasteiger partial charge in [0.2, 0.25) is 10.0 Å². The van der Waals surface area contributed by atoms with Crippen LogP contribution in [0, 0.1) is 12.7 Å². The van der Waals surface area contributed by atoms with Crippen LogP contribution in [-0.2, 0) is 10.0 Å². The number of fused-ring (bicyclic) bond motifs is 1. The first-order chi connectivity index (χ1) is 11.6. The lowest BCUT2D eigenvalue weighted by Crippen LogP contribution is -2.41. The van der Waals surface area contributed by atoms with Crippen LogP contribution < -0.4 is 15.2 Å². The van der Waals surface area contributed by atoms with Crippen molar-refractivity contribution in [3.05, 3.63) is 53.3 Å². The molecule has 1 heterocycles. The van der Waals surface area contributed by atoms with Crippen LogP contribution in [0.4, 0.5) is 10.1 Å². The molecule has 0 saturated heterocycles. The molecule has 134 valence electrons. The second-order valence-electron chi connectivity index (χ2n) is 6.97. The average Bonchev–Trinajstić information content (AvgIpc) is 2.49. The van der Waals surface area contributed by atoms with Crippen LogP contribution in [0.3, 0.4) is 0 Å². The Hall–Kier alpha value is -2.12. The second kappa shape index (κ2) is 6.00. The summed E-state index contributed by atoms with van der Waals surface area (Å²) in [6.45, 7) is 5.47. The largest absolute Gasteiger partial charge is 0.487 e. The molecule has 0 aliphatic carbocycles. The molecule has 0 amide bonds. The van der Waals surface area contributed by atoms with E-state index in [0.29, 0.717) is 29.0 Å². The molecule has 0 aromatic heterocycles. The fourth-order valence-corrected chi connectivity index (χ4v) is 4.42. The quantitative estimate of drug-likeness (QED) is 0.819. The lowest BCUT2D eigenvalue weighted by molar-refractivity contribution is 0.0702. The molecule has 3 rings (SSSR count). The monoisotopic (exact) mass is 364 g/mol. The normalized spacial score (nSPS) is 19.1. The lowest BCUT2D eigenvalue weighted by atomic mass is 9.90. The van der Waals surface area contributed by atoms with Gasteiger partial charge in [-0.2, -0.15) is 0 Å². The van der Waals surface area contributed by atoms with Crippen LogP contribution in [0.15, 0.2) is 41.3 Å². The highest BCUT2D eigenvalue weighted by Crippen LogP contribution is 2.41. The van der Waals surface area contributed by atoms with Crippen molar-refractivity contribution in [1.29, 1.82) is 0 Å². The van der Waals surface area contributed by atoms with Crippen molar-refractivity contribution in [2.75, 3.05) is 5.73 Å². The summed E-state index contributed by atoms with van der Waals surface area (Å²) in [6, 6.07) is 8.55. The minimum absolute atomic E-state index is 0.359. The highest BCUT2D eigenvalue weighted by atomic mass is 32.2. The molecule has 1 atom stereocenters. The molecule has 0 saturated carbocycles. The Kier molecular flexibility index (Phi) is 4.25. The predicted molar refractivity (Wildman–Crippen MR) is 94.4 cm³/mol. The maximum Gasteiger partial charge on any atom is 0.244 e. The van der Waals surface area contributed by atoms with E-state index in [-0.39, 0.29) is 4.90 Å². The van der Waals surface area contributed by atoms with Crippen LogP contribution in [0.2, 0.25) is 0 Å². The third kappa shape index (κ3) is 3.62. The summed E-state index contributed by atoms with van der Waals surface area (Å²) in [5.41, 5.74) is 7.09. The highest BCUT2D eigenvalue weighted by Gasteiger charge is 2.36. The van der Waals surface area contributed by atoms with Crippen LogP contribution >= 0.6 is 0 Å². The highest BCUT2D eigenvalue weighted by molar-refractivity contribution is 7.89. The predicted octanol–water partition coefficient (Wildman–Crippen LogP) is 3.30. The van der Waals surface area contributed by atoms with Crippen LogP contribution in [0.5, 0.6) is 5.75 Å². The Balaban J connectivity index is 2.02. The fraction of sp³-hybridized carbons (Fsp3) is 0.333. The SMILES string of the molecule is Cc1ccc(F)c(S(=O)(=O)NC2CC(C)(C)Oc3ccc(N)cc32)c1. The van der Waals surface area contributed by atoms with Gasteiger partial charge in [-0.15, -0.1) is 0 Å². The van der Waals surface area contributed by atoms with Gasteiger partial charge in [0, 0.05) is 17.7 Å². The van der Waals surface area contributed by atoms with Gasteiger partial charge < -0.3 is 10.5 Å².